The number of nitrogens with zero attached hydrogens (tertiary/aromatic N) is 2. The van der Waals surface area contributed by atoms with E-state index in [9.17, 15) is 18.0 Å². The van der Waals surface area contributed by atoms with Gasteiger partial charge in [-0.05, 0) is 80.5 Å². The van der Waals surface area contributed by atoms with Crippen LogP contribution in [0, 0.1) is 23.2 Å². The van der Waals surface area contributed by atoms with Gasteiger partial charge in [0.25, 0.3) is 0 Å². The SMILES string of the molecule is COc1ccc(N2CCCN(CC(=O)NC3C4CC5CC3CC(C(N)=O)(C5)C4)S2(=O)=O)cc1. The first-order valence-electron chi connectivity index (χ1n) is 11.7. The normalized spacial score (nSPS) is 34.8. The van der Waals surface area contributed by atoms with E-state index in [1.54, 1.807) is 31.4 Å². The zero-order valence-corrected chi connectivity index (χ0v) is 19.7. The molecule has 4 saturated carbocycles. The summed E-state index contributed by atoms with van der Waals surface area (Å²) < 4.78 is 34.3. The lowest BCUT2D eigenvalue weighted by Crippen LogP contribution is -2.63. The van der Waals surface area contributed by atoms with Gasteiger partial charge in [-0.1, -0.05) is 0 Å². The van der Waals surface area contributed by atoms with Crippen LogP contribution < -0.4 is 20.1 Å². The van der Waals surface area contributed by atoms with E-state index in [1.807, 2.05) is 0 Å². The molecule has 2 unspecified atom stereocenters. The van der Waals surface area contributed by atoms with Gasteiger partial charge in [0.05, 0.1) is 19.3 Å². The number of hydrogen-bond acceptors (Lipinski definition) is 5. The monoisotopic (exact) mass is 476 g/mol. The Morgan fingerprint density at radius 1 is 1.12 bits per heavy atom. The first-order chi connectivity index (χ1) is 15.7. The second-order valence-corrected chi connectivity index (χ2v) is 12.0. The first kappa shape index (κ1) is 22.5. The Kier molecular flexibility index (Phi) is 5.55. The van der Waals surface area contributed by atoms with E-state index < -0.39 is 15.6 Å². The Morgan fingerprint density at radius 2 is 1.79 bits per heavy atom. The number of carbonyl (C=O) groups is 2. The van der Waals surface area contributed by atoms with E-state index in [4.69, 9.17) is 10.5 Å². The molecule has 6 rings (SSSR count). The van der Waals surface area contributed by atoms with Crippen molar-refractivity contribution >= 4 is 27.7 Å². The molecule has 1 heterocycles. The van der Waals surface area contributed by atoms with Gasteiger partial charge in [-0.25, -0.2) is 0 Å². The largest absolute Gasteiger partial charge is 0.497 e. The summed E-state index contributed by atoms with van der Waals surface area (Å²) in [6, 6.07) is 6.86. The van der Waals surface area contributed by atoms with Crippen LogP contribution in [0.3, 0.4) is 0 Å². The fraction of sp³-hybridized carbons (Fsp3) is 0.652. The van der Waals surface area contributed by atoms with Gasteiger partial charge in [0.2, 0.25) is 11.8 Å². The van der Waals surface area contributed by atoms with E-state index in [0.717, 1.165) is 32.1 Å². The van der Waals surface area contributed by atoms with Gasteiger partial charge < -0.3 is 15.8 Å². The van der Waals surface area contributed by atoms with Gasteiger partial charge in [-0.3, -0.25) is 13.9 Å². The Balaban J connectivity index is 1.26. The van der Waals surface area contributed by atoms with Gasteiger partial charge in [-0.15, -0.1) is 0 Å². The number of nitrogens with two attached hydrogens (primary N) is 1. The predicted molar refractivity (Wildman–Crippen MR) is 123 cm³/mol. The predicted octanol–water partition coefficient (Wildman–Crippen LogP) is 1.25. The summed E-state index contributed by atoms with van der Waals surface area (Å²) in [5.41, 5.74) is 5.90. The number of primary amides is 1. The second kappa shape index (κ2) is 8.16. The van der Waals surface area contributed by atoms with Crippen molar-refractivity contribution in [3.05, 3.63) is 24.3 Å². The third-order valence-electron chi connectivity index (χ3n) is 8.18. The summed E-state index contributed by atoms with van der Waals surface area (Å²) in [6.45, 7) is 0.484. The van der Waals surface area contributed by atoms with Gasteiger partial charge >= 0.3 is 10.2 Å². The molecule has 3 N–H and O–H groups in total. The highest BCUT2D eigenvalue weighted by molar-refractivity contribution is 7.90. The highest BCUT2D eigenvalue weighted by Gasteiger charge is 2.58. The third kappa shape index (κ3) is 3.86. The number of amides is 2. The molecule has 4 bridgehead atoms. The number of ether oxygens (including phenoxy) is 1. The molecule has 1 saturated heterocycles. The van der Waals surface area contributed by atoms with Crippen LogP contribution in [0.2, 0.25) is 0 Å². The molecule has 0 spiro atoms. The van der Waals surface area contributed by atoms with Crippen LogP contribution in [0.15, 0.2) is 24.3 Å². The molecule has 0 aromatic heterocycles. The van der Waals surface area contributed by atoms with Crippen molar-refractivity contribution in [3.63, 3.8) is 0 Å². The molecule has 1 aliphatic heterocycles. The number of rotatable bonds is 6. The Morgan fingerprint density at radius 3 is 2.39 bits per heavy atom. The van der Waals surface area contributed by atoms with Crippen LogP contribution in [0.25, 0.3) is 0 Å². The highest BCUT2D eigenvalue weighted by atomic mass is 32.2. The zero-order chi connectivity index (χ0) is 23.4. The highest BCUT2D eigenvalue weighted by Crippen LogP contribution is 2.59. The quantitative estimate of drug-likeness (QED) is 0.640. The van der Waals surface area contributed by atoms with Gasteiger partial charge in [0.15, 0.2) is 0 Å². The van der Waals surface area contributed by atoms with Gasteiger partial charge in [-0.2, -0.15) is 12.7 Å². The molecule has 0 radical (unpaired) electrons. The maximum absolute atomic E-state index is 13.2. The van der Waals surface area contributed by atoms with Crippen LogP contribution in [0.5, 0.6) is 5.75 Å². The summed E-state index contributed by atoms with van der Waals surface area (Å²) in [6.07, 6.45) is 4.98. The number of nitrogens with one attached hydrogen (secondary N) is 1. The van der Waals surface area contributed by atoms with Crippen molar-refractivity contribution in [1.29, 1.82) is 0 Å². The molecule has 2 atom stereocenters. The molecule has 10 heteroatoms. The molecule has 1 aromatic carbocycles. The molecular weight excluding hydrogens is 444 g/mol. The number of hydrogen-bond donors (Lipinski definition) is 2. The average Bonchev–Trinajstić information content (AvgIpc) is 2.77. The van der Waals surface area contributed by atoms with Crippen molar-refractivity contribution in [3.8, 4) is 5.75 Å². The number of benzene rings is 1. The minimum Gasteiger partial charge on any atom is -0.497 e. The smallest absolute Gasteiger partial charge is 0.304 e. The van der Waals surface area contributed by atoms with Gasteiger partial charge in [0, 0.05) is 24.5 Å². The summed E-state index contributed by atoms with van der Waals surface area (Å²) in [4.78, 5) is 25.1. The molecular formula is C23H32N4O5S. The molecule has 1 aromatic rings. The van der Waals surface area contributed by atoms with Crippen LogP contribution >= 0.6 is 0 Å². The zero-order valence-electron chi connectivity index (χ0n) is 18.9. The Labute approximate surface area is 194 Å². The summed E-state index contributed by atoms with van der Waals surface area (Å²) in [5, 5.41) is 3.14. The van der Waals surface area contributed by atoms with Crippen LogP contribution in [-0.4, -0.2) is 57.3 Å². The van der Waals surface area contributed by atoms with E-state index in [-0.39, 0.29) is 36.2 Å². The average molecular weight is 477 g/mol. The molecule has 4 aliphatic carbocycles. The van der Waals surface area contributed by atoms with Crippen LogP contribution in [0.1, 0.15) is 38.5 Å². The van der Waals surface area contributed by atoms with E-state index in [1.165, 1.54) is 8.61 Å². The first-order valence-corrected chi connectivity index (χ1v) is 13.1. The molecule has 5 aliphatic rings. The molecule has 33 heavy (non-hydrogen) atoms. The molecule has 180 valence electrons. The lowest BCUT2D eigenvalue weighted by molar-refractivity contribution is -0.147. The second-order valence-electron chi connectivity index (χ2n) is 10.2. The van der Waals surface area contributed by atoms with E-state index >= 15 is 0 Å². The fourth-order valence-electron chi connectivity index (χ4n) is 6.89. The lowest BCUT2D eigenvalue weighted by Gasteiger charge is -2.58. The van der Waals surface area contributed by atoms with Crippen molar-refractivity contribution in [2.45, 2.75) is 44.6 Å². The summed E-state index contributed by atoms with van der Waals surface area (Å²) in [7, 11) is -2.25. The number of carbonyl (C=O) groups excluding carboxylic acids is 2. The topological polar surface area (TPSA) is 122 Å². The maximum Gasteiger partial charge on any atom is 0.304 e. The van der Waals surface area contributed by atoms with Crippen LogP contribution in [0.4, 0.5) is 5.69 Å². The third-order valence-corrected chi connectivity index (χ3v) is 10.1. The molecule has 9 nitrogen and oxygen atoms in total. The Bertz CT molecular complexity index is 1030. The van der Waals surface area contributed by atoms with Gasteiger partial charge in [0.1, 0.15) is 5.75 Å². The van der Waals surface area contributed by atoms with E-state index in [2.05, 4.69) is 5.32 Å². The number of anilines is 1. The van der Waals surface area contributed by atoms with Crippen molar-refractivity contribution in [2.24, 2.45) is 28.9 Å². The van der Waals surface area contributed by atoms with E-state index in [0.29, 0.717) is 36.9 Å². The minimum absolute atomic E-state index is 0.00768. The van der Waals surface area contributed by atoms with Crippen molar-refractivity contribution in [2.75, 3.05) is 31.0 Å². The molecule has 5 fully saturated rings. The fourth-order valence-corrected chi connectivity index (χ4v) is 8.55. The lowest BCUT2D eigenvalue weighted by atomic mass is 9.47. The van der Waals surface area contributed by atoms with Crippen molar-refractivity contribution < 1.29 is 22.7 Å². The summed E-state index contributed by atoms with van der Waals surface area (Å²) in [5.74, 6) is 1.15. The van der Waals surface area contributed by atoms with Crippen molar-refractivity contribution in [1.82, 2.24) is 9.62 Å². The summed E-state index contributed by atoms with van der Waals surface area (Å²) >= 11 is 0. The molecule has 2 amide bonds. The number of methoxy groups -OCH3 is 1. The Hall–Kier alpha value is -2.33. The standard InChI is InChI=1S/C23H32N4O5S/c1-32-19-5-3-18(4-6-19)27-8-2-7-26(33(27,30)31)14-20(28)25-21-16-9-15-10-17(21)13-23(11-15,12-16)22(24)29/h3-6,15-17,21H,2,7-14H2,1H3,(H2,24,29)(H,25,28). The minimum atomic E-state index is -3.81. The maximum atomic E-state index is 13.2. The van der Waals surface area contributed by atoms with Crippen LogP contribution in [-0.2, 0) is 19.8 Å².